The molecule has 5 atom stereocenters. The Hall–Kier alpha value is -0.650. The van der Waals surface area contributed by atoms with Crippen molar-refractivity contribution in [2.24, 2.45) is 34.8 Å². The lowest BCUT2D eigenvalue weighted by Crippen LogP contribution is -2.52. The molecule has 2 aliphatic heterocycles. The molecule has 0 bridgehead atoms. The van der Waals surface area contributed by atoms with Crippen molar-refractivity contribution < 1.29 is 4.79 Å². The molecule has 178 valence electrons. The highest BCUT2D eigenvalue weighted by Crippen LogP contribution is 2.51. The van der Waals surface area contributed by atoms with E-state index in [0.29, 0.717) is 23.2 Å². The van der Waals surface area contributed by atoms with Gasteiger partial charge >= 0.3 is 0 Å². The maximum Gasteiger partial charge on any atom is 0.225 e. The van der Waals surface area contributed by atoms with Crippen molar-refractivity contribution in [3.05, 3.63) is 0 Å². The molecule has 4 rings (SSSR count). The molecule has 0 aromatic rings. The Morgan fingerprint density at radius 2 is 1.65 bits per heavy atom. The van der Waals surface area contributed by atoms with Gasteiger partial charge in [0.15, 0.2) is 0 Å². The third-order valence-electron chi connectivity index (χ3n) is 9.48. The van der Waals surface area contributed by atoms with E-state index in [9.17, 15) is 4.79 Å². The highest BCUT2D eigenvalue weighted by molar-refractivity contribution is 5.79. The number of carbonyl (C=O) groups is 1. The first kappa shape index (κ1) is 23.5. The molecule has 31 heavy (non-hydrogen) atoms. The van der Waals surface area contributed by atoms with E-state index in [0.717, 1.165) is 58.0 Å². The number of rotatable bonds is 2. The summed E-state index contributed by atoms with van der Waals surface area (Å²) in [5, 5.41) is 3.50. The fourth-order valence-corrected chi connectivity index (χ4v) is 7.67. The second-order valence-electron chi connectivity index (χ2n) is 11.7. The maximum atomic E-state index is 13.7. The Kier molecular flexibility index (Phi) is 7.98. The molecule has 2 aliphatic carbocycles. The molecule has 2 saturated carbocycles. The van der Waals surface area contributed by atoms with Crippen molar-refractivity contribution in [2.45, 2.75) is 83.6 Å². The summed E-state index contributed by atoms with van der Waals surface area (Å²) in [5.41, 5.74) is 7.03. The highest BCUT2D eigenvalue weighted by atomic mass is 16.2. The summed E-state index contributed by atoms with van der Waals surface area (Å²) in [4.78, 5) is 18.3. The summed E-state index contributed by atoms with van der Waals surface area (Å²) in [6.45, 7) is 8.46. The molecule has 2 saturated heterocycles. The van der Waals surface area contributed by atoms with Crippen LogP contribution >= 0.6 is 0 Å². The minimum absolute atomic E-state index is 0.231. The Labute approximate surface area is 190 Å². The number of nitrogens with zero attached hydrogens (tertiary/aromatic N) is 2. The first-order chi connectivity index (χ1) is 15.0. The van der Waals surface area contributed by atoms with Crippen molar-refractivity contribution >= 4 is 5.91 Å². The van der Waals surface area contributed by atoms with E-state index >= 15 is 0 Å². The molecule has 0 aromatic heterocycles. The standard InChI is InChI=1S/C26H48N4O/c1-20-17-26(10-5-3-4-6-11-26)18-21(25(31)30-15-13-29(2)14-16-30)7-8-22(20)23-9-12-28-19-24(23)27/h20-24,28H,3-19,27H2,1-2H3. The summed E-state index contributed by atoms with van der Waals surface area (Å²) in [6, 6.07) is 0.275. The summed E-state index contributed by atoms with van der Waals surface area (Å²) < 4.78 is 0. The maximum absolute atomic E-state index is 13.7. The Morgan fingerprint density at radius 1 is 0.935 bits per heavy atom. The number of likely N-dealkylation sites (N-methyl/N-ethyl adjacent to an activating group) is 1. The largest absolute Gasteiger partial charge is 0.340 e. The Balaban J connectivity index is 1.55. The molecule has 5 unspecified atom stereocenters. The number of piperazine rings is 1. The van der Waals surface area contributed by atoms with Gasteiger partial charge in [-0.25, -0.2) is 0 Å². The first-order valence-corrected chi connectivity index (χ1v) is 13.4. The fourth-order valence-electron chi connectivity index (χ4n) is 7.67. The lowest BCUT2D eigenvalue weighted by molar-refractivity contribution is -0.139. The zero-order valence-electron chi connectivity index (χ0n) is 20.3. The van der Waals surface area contributed by atoms with Crippen LogP contribution in [-0.2, 0) is 4.79 Å². The van der Waals surface area contributed by atoms with Crippen molar-refractivity contribution in [1.82, 2.24) is 15.1 Å². The van der Waals surface area contributed by atoms with Gasteiger partial charge in [0, 0.05) is 44.7 Å². The summed E-state index contributed by atoms with van der Waals surface area (Å²) in [6.07, 6.45) is 14.1. The number of piperidine rings is 1. The summed E-state index contributed by atoms with van der Waals surface area (Å²) in [7, 11) is 2.17. The van der Waals surface area contributed by atoms with E-state index in [1.807, 2.05) is 0 Å². The van der Waals surface area contributed by atoms with Crippen LogP contribution in [0.4, 0.5) is 0 Å². The van der Waals surface area contributed by atoms with Gasteiger partial charge in [-0.1, -0.05) is 32.6 Å². The minimum Gasteiger partial charge on any atom is -0.340 e. The van der Waals surface area contributed by atoms with Crippen LogP contribution in [0.5, 0.6) is 0 Å². The zero-order chi connectivity index (χ0) is 21.8. The Bertz CT molecular complexity index is 580. The number of hydrogen-bond donors (Lipinski definition) is 2. The molecule has 0 aromatic carbocycles. The smallest absolute Gasteiger partial charge is 0.225 e. The van der Waals surface area contributed by atoms with Gasteiger partial charge in [0.05, 0.1) is 0 Å². The van der Waals surface area contributed by atoms with Gasteiger partial charge in [-0.05, 0) is 81.7 Å². The van der Waals surface area contributed by atoms with Crippen LogP contribution in [0.3, 0.4) is 0 Å². The molecule has 1 amide bonds. The third kappa shape index (κ3) is 5.65. The Morgan fingerprint density at radius 3 is 2.32 bits per heavy atom. The zero-order valence-corrected chi connectivity index (χ0v) is 20.3. The van der Waals surface area contributed by atoms with Crippen LogP contribution in [0, 0.1) is 29.1 Å². The molecule has 5 heteroatoms. The van der Waals surface area contributed by atoms with Crippen LogP contribution < -0.4 is 11.1 Å². The fraction of sp³-hybridized carbons (Fsp3) is 0.962. The highest BCUT2D eigenvalue weighted by Gasteiger charge is 2.44. The van der Waals surface area contributed by atoms with E-state index in [1.54, 1.807) is 0 Å². The van der Waals surface area contributed by atoms with Gasteiger partial charge in [0.25, 0.3) is 0 Å². The number of hydrogen-bond acceptors (Lipinski definition) is 4. The lowest BCUT2D eigenvalue weighted by Gasteiger charge is -2.47. The van der Waals surface area contributed by atoms with Crippen LogP contribution in [0.1, 0.15) is 77.6 Å². The van der Waals surface area contributed by atoms with Crippen molar-refractivity contribution in [2.75, 3.05) is 46.3 Å². The minimum atomic E-state index is 0.231. The monoisotopic (exact) mass is 432 g/mol. The molecular weight excluding hydrogens is 384 g/mol. The van der Waals surface area contributed by atoms with Gasteiger partial charge in [0.1, 0.15) is 0 Å². The van der Waals surface area contributed by atoms with E-state index in [-0.39, 0.29) is 12.0 Å². The van der Waals surface area contributed by atoms with Crippen LogP contribution in [-0.4, -0.2) is 68.1 Å². The number of nitrogens with one attached hydrogen (secondary N) is 1. The van der Waals surface area contributed by atoms with Crippen LogP contribution in [0.2, 0.25) is 0 Å². The number of carbonyl (C=O) groups excluding carboxylic acids is 1. The lowest BCUT2D eigenvalue weighted by atomic mass is 9.60. The normalized spacial score (nSPS) is 38.3. The van der Waals surface area contributed by atoms with Gasteiger partial charge < -0.3 is 20.9 Å². The van der Waals surface area contributed by atoms with Crippen LogP contribution in [0.15, 0.2) is 0 Å². The average Bonchev–Trinajstić information content (AvgIpc) is 2.99. The molecule has 2 heterocycles. The summed E-state index contributed by atoms with van der Waals surface area (Å²) in [5.74, 6) is 2.73. The molecular formula is C26H48N4O. The summed E-state index contributed by atoms with van der Waals surface area (Å²) >= 11 is 0. The van der Waals surface area contributed by atoms with Gasteiger partial charge in [0.2, 0.25) is 5.91 Å². The van der Waals surface area contributed by atoms with E-state index in [1.165, 1.54) is 57.8 Å². The van der Waals surface area contributed by atoms with E-state index in [2.05, 4.69) is 29.1 Å². The van der Waals surface area contributed by atoms with Crippen molar-refractivity contribution in [3.63, 3.8) is 0 Å². The molecule has 3 N–H and O–H groups in total. The van der Waals surface area contributed by atoms with E-state index < -0.39 is 0 Å². The SMILES string of the molecule is CC1CC2(CCCCCC2)CC(C(=O)N2CCN(C)CC2)CCC1C1CCNCC1N. The van der Waals surface area contributed by atoms with Crippen molar-refractivity contribution in [1.29, 1.82) is 0 Å². The van der Waals surface area contributed by atoms with Gasteiger partial charge in [-0.2, -0.15) is 0 Å². The van der Waals surface area contributed by atoms with Crippen LogP contribution in [0.25, 0.3) is 0 Å². The second kappa shape index (κ2) is 10.5. The van der Waals surface area contributed by atoms with E-state index in [4.69, 9.17) is 5.73 Å². The quantitative estimate of drug-likeness (QED) is 0.701. The number of nitrogens with two attached hydrogens (primary N) is 1. The molecule has 0 radical (unpaired) electrons. The molecule has 5 nitrogen and oxygen atoms in total. The predicted molar refractivity (Wildman–Crippen MR) is 128 cm³/mol. The molecule has 4 aliphatic rings. The predicted octanol–water partition coefficient (Wildman–Crippen LogP) is 3.48. The average molecular weight is 433 g/mol. The first-order valence-electron chi connectivity index (χ1n) is 13.4. The molecule has 1 spiro atoms. The number of amides is 1. The molecule has 4 fully saturated rings. The van der Waals surface area contributed by atoms with Crippen molar-refractivity contribution in [3.8, 4) is 0 Å². The van der Waals surface area contributed by atoms with Gasteiger partial charge in [-0.15, -0.1) is 0 Å². The second-order valence-corrected chi connectivity index (χ2v) is 11.7. The third-order valence-corrected chi connectivity index (χ3v) is 9.48. The van der Waals surface area contributed by atoms with Gasteiger partial charge in [-0.3, -0.25) is 4.79 Å². The topological polar surface area (TPSA) is 61.6 Å².